The van der Waals surface area contributed by atoms with E-state index < -0.39 is 11.7 Å². The van der Waals surface area contributed by atoms with E-state index in [9.17, 15) is 14.0 Å². The second kappa shape index (κ2) is 7.64. The number of hydrogen-bond acceptors (Lipinski definition) is 2. The van der Waals surface area contributed by atoms with E-state index in [4.69, 9.17) is 11.6 Å². The van der Waals surface area contributed by atoms with Gasteiger partial charge in [-0.3, -0.25) is 4.79 Å². The molecule has 0 atom stereocenters. The Morgan fingerprint density at radius 3 is 2.52 bits per heavy atom. The zero-order valence-corrected chi connectivity index (χ0v) is 14.0. The van der Waals surface area contributed by atoms with Crippen LogP contribution in [0.15, 0.2) is 18.2 Å². The van der Waals surface area contributed by atoms with Crippen molar-refractivity contribution in [3.63, 3.8) is 0 Å². The minimum absolute atomic E-state index is 0.0862. The van der Waals surface area contributed by atoms with E-state index in [-0.39, 0.29) is 28.7 Å². The predicted molar refractivity (Wildman–Crippen MR) is 87.1 cm³/mol. The average Bonchev–Trinajstić information content (AvgIpc) is 2.47. The van der Waals surface area contributed by atoms with Gasteiger partial charge in [0.2, 0.25) is 0 Å². The fourth-order valence-electron chi connectivity index (χ4n) is 2.54. The van der Waals surface area contributed by atoms with Crippen molar-refractivity contribution in [2.75, 3.05) is 13.1 Å². The summed E-state index contributed by atoms with van der Waals surface area (Å²) >= 11 is 5.89. The number of rotatable bonds is 3. The van der Waals surface area contributed by atoms with Crippen LogP contribution < -0.4 is 10.6 Å². The van der Waals surface area contributed by atoms with Crippen LogP contribution in [0.1, 0.15) is 37.0 Å². The number of urea groups is 1. The van der Waals surface area contributed by atoms with Crippen LogP contribution in [0.25, 0.3) is 0 Å². The fraction of sp³-hybridized carbons (Fsp3) is 0.500. The van der Waals surface area contributed by atoms with Crippen molar-refractivity contribution in [2.45, 2.75) is 38.8 Å². The van der Waals surface area contributed by atoms with Crippen LogP contribution in [0.5, 0.6) is 0 Å². The molecule has 3 amide bonds. The summed E-state index contributed by atoms with van der Waals surface area (Å²) in [6.07, 6.45) is 1.26. The van der Waals surface area contributed by atoms with Crippen molar-refractivity contribution in [1.82, 2.24) is 15.5 Å². The van der Waals surface area contributed by atoms with Crippen molar-refractivity contribution in [3.8, 4) is 0 Å². The minimum atomic E-state index is -0.635. The van der Waals surface area contributed by atoms with E-state index in [0.717, 1.165) is 0 Å². The third-order valence-corrected chi connectivity index (χ3v) is 4.03. The topological polar surface area (TPSA) is 61.4 Å². The molecule has 0 spiro atoms. The molecule has 7 heteroatoms. The third kappa shape index (κ3) is 4.58. The summed E-state index contributed by atoms with van der Waals surface area (Å²) in [6.45, 7) is 4.91. The number of carbonyl (C=O) groups is 2. The van der Waals surface area contributed by atoms with Crippen LogP contribution in [0.4, 0.5) is 9.18 Å². The number of carbonyl (C=O) groups excluding carboxylic acids is 2. The second-order valence-electron chi connectivity index (χ2n) is 5.94. The van der Waals surface area contributed by atoms with Gasteiger partial charge < -0.3 is 15.5 Å². The van der Waals surface area contributed by atoms with Gasteiger partial charge >= 0.3 is 6.03 Å². The lowest BCUT2D eigenvalue weighted by atomic mass is 10.0. The lowest BCUT2D eigenvalue weighted by molar-refractivity contribution is 0.0914. The van der Waals surface area contributed by atoms with Crippen LogP contribution in [0, 0.1) is 5.82 Å². The molecule has 126 valence electrons. The number of piperidine rings is 1. The summed E-state index contributed by atoms with van der Waals surface area (Å²) in [6, 6.07) is 4.05. The number of nitrogens with zero attached hydrogens (tertiary/aromatic N) is 1. The Kier molecular flexibility index (Phi) is 5.82. The van der Waals surface area contributed by atoms with Gasteiger partial charge in [0.25, 0.3) is 5.91 Å². The average molecular weight is 342 g/mol. The molecule has 1 aliphatic heterocycles. The van der Waals surface area contributed by atoms with E-state index in [2.05, 4.69) is 10.6 Å². The van der Waals surface area contributed by atoms with E-state index in [1.807, 2.05) is 13.8 Å². The van der Waals surface area contributed by atoms with Crippen molar-refractivity contribution in [2.24, 2.45) is 0 Å². The lowest BCUT2D eigenvalue weighted by Crippen LogP contribution is -2.50. The Balaban J connectivity index is 1.89. The van der Waals surface area contributed by atoms with Crippen molar-refractivity contribution < 1.29 is 14.0 Å². The molecule has 23 heavy (non-hydrogen) atoms. The molecular formula is C16H21ClFN3O2. The molecule has 5 nitrogen and oxygen atoms in total. The largest absolute Gasteiger partial charge is 0.349 e. The van der Waals surface area contributed by atoms with Crippen LogP contribution in [0.3, 0.4) is 0 Å². The van der Waals surface area contributed by atoms with Gasteiger partial charge in [-0.15, -0.1) is 0 Å². The van der Waals surface area contributed by atoms with Gasteiger partial charge in [0.15, 0.2) is 0 Å². The van der Waals surface area contributed by atoms with E-state index in [0.29, 0.717) is 25.9 Å². The maximum atomic E-state index is 13.7. The van der Waals surface area contributed by atoms with Crippen LogP contribution in [-0.4, -0.2) is 42.0 Å². The maximum absolute atomic E-state index is 13.7. The summed E-state index contributed by atoms with van der Waals surface area (Å²) in [5, 5.41) is 5.73. The van der Waals surface area contributed by atoms with E-state index in [1.54, 1.807) is 4.90 Å². The molecule has 1 saturated heterocycles. The highest BCUT2D eigenvalue weighted by Gasteiger charge is 2.25. The highest BCUT2D eigenvalue weighted by molar-refractivity contribution is 6.33. The Hall–Kier alpha value is -1.82. The molecule has 0 radical (unpaired) electrons. The van der Waals surface area contributed by atoms with Gasteiger partial charge in [-0.1, -0.05) is 17.7 Å². The van der Waals surface area contributed by atoms with Crippen molar-refractivity contribution >= 4 is 23.5 Å². The van der Waals surface area contributed by atoms with Gasteiger partial charge in [0.05, 0.1) is 10.6 Å². The van der Waals surface area contributed by atoms with Gasteiger partial charge in [0, 0.05) is 25.2 Å². The number of halogens is 2. The molecule has 0 unspecified atom stereocenters. The molecule has 1 aromatic rings. The number of likely N-dealkylation sites (tertiary alicyclic amines) is 1. The summed E-state index contributed by atoms with van der Waals surface area (Å²) in [5.41, 5.74) is -0.130. The van der Waals surface area contributed by atoms with Crippen molar-refractivity contribution in [1.29, 1.82) is 0 Å². The Morgan fingerprint density at radius 2 is 1.96 bits per heavy atom. The molecule has 2 rings (SSSR count). The Morgan fingerprint density at radius 1 is 1.30 bits per heavy atom. The maximum Gasteiger partial charge on any atom is 0.317 e. The highest BCUT2D eigenvalue weighted by Crippen LogP contribution is 2.20. The zero-order chi connectivity index (χ0) is 17.0. The highest BCUT2D eigenvalue weighted by atomic mass is 35.5. The number of benzene rings is 1. The van der Waals surface area contributed by atoms with Gasteiger partial charge in [0.1, 0.15) is 5.82 Å². The summed E-state index contributed by atoms with van der Waals surface area (Å²) in [7, 11) is 0. The number of hydrogen-bond donors (Lipinski definition) is 2. The molecule has 1 fully saturated rings. The molecular weight excluding hydrogens is 321 g/mol. The quantitative estimate of drug-likeness (QED) is 0.888. The van der Waals surface area contributed by atoms with Crippen LogP contribution in [-0.2, 0) is 0 Å². The molecule has 1 aromatic carbocycles. The minimum Gasteiger partial charge on any atom is -0.349 e. The molecule has 2 N–H and O–H groups in total. The van der Waals surface area contributed by atoms with Gasteiger partial charge in [-0.05, 0) is 38.8 Å². The molecule has 1 aliphatic rings. The van der Waals surface area contributed by atoms with E-state index >= 15 is 0 Å². The standard InChI is InChI=1S/C16H21ClFN3O2/c1-10(2)19-16(23)21-8-6-11(7-9-21)20-15(22)14-12(17)4-3-5-13(14)18/h3-5,10-11H,6-9H2,1-2H3,(H,19,23)(H,20,22). The summed E-state index contributed by atoms with van der Waals surface area (Å²) in [4.78, 5) is 25.8. The molecule has 0 aliphatic carbocycles. The summed E-state index contributed by atoms with van der Waals surface area (Å²) < 4.78 is 13.7. The molecule has 1 heterocycles. The zero-order valence-electron chi connectivity index (χ0n) is 13.2. The molecule has 0 saturated carbocycles. The SMILES string of the molecule is CC(C)NC(=O)N1CCC(NC(=O)c2c(F)cccc2Cl)CC1. The normalized spacial score (nSPS) is 15.6. The van der Waals surface area contributed by atoms with Crippen LogP contribution in [0.2, 0.25) is 5.02 Å². The molecule has 0 bridgehead atoms. The molecule has 0 aromatic heterocycles. The van der Waals surface area contributed by atoms with Gasteiger partial charge in [-0.25, -0.2) is 9.18 Å². The predicted octanol–water partition coefficient (Wildman–Crippen LogP) is 2.79. The lowest BCUT2D eigenvalue weighted by Gasteiger charge is -2.33. The first-order valence-corrected chi connectivity index (χ1v) is 8.06. The van der Waals surface area contributed by atoms with Crippen LogP contribution >= 0.6 is 11.6 Å². The fourth-order valence-corrected chi connectivity index (χ4v) is 2.79. The number of amides is 3. The van der Waals surface area contributed by atoms with E-state index in [1.165, 1.54) is 18.2 Å². The number of nitrogens with one attached hydrogen (secondary N) is 2. The first kappa shape index (κ1) is 17.5. The second-order valence-corrected chi connectivity index (χ2v) is 6.34. The summed E-state index contributed by atoms with van der Waals surface area (Å²) in [5.74, 6) is -1.15. The smallest absolute Gasteiger partial charge is 0.317 e. The Labute approximate surface area is 140 Å². The Bertz CT molecular complexity index is 566. The van der Waals surface area contributed by atoms with Crippen molar-refractivity contribution in [3.05, 3.63) is 34.6 Å². The monoisotopic (exact) mass is 341 g/mol. The third-order valence-electron chi connectivity index (χ3n) is 3.72. The first-order valence-electron chi connectivity index (χ1n) is 7.68. The first-order chi connectivity index (χ1) is 10.9. The van der Waals surface area contributed by atoms with Gasteiger partial charge in [-0.2, -0.15) is 0 Å².